The van der Waals surface area contributed by atoms with Crippen molar-refractivity contribution in [1.29, 1.82) is 0 Å². The summed E-state index contributed by atoms with van der Waals surface area (Å²) >= 11 is 10.7. The Kier molecular flexibility index (Phi) is 3.51. The number of hydrogen-bond donors (Lipinski definition) is 1. The summed E-state index contributed by atoms with van der Waals surface area (Å²) in [6.45, 7) is 0. The molecule has 0 atom stereocenters. The Hall–Kier alpha value is -0.800. The zero-order chi connectivity index (χ0) is 9.84. The van der Waals surface area contributed by atoms with Gasteiger partial charge in [0.05, 0.1) is 17.1 Å². The Morgan fingerprint density at radius 3 is 2.77 bits per heavy atom. The van der Waals surface area contributed by atoms with Gasteiger partial charge in [-0.3, -0.25) is 0 Å². The van der Waals surface area contributed by atoms with E-state index in [1.165, 1.54) is 0 Å². The van der Waals surface area contributed by atoms with Gasteiger partial charge in [0.15, 0.2) is 0 Å². The number of thiocarbonyl (C=S) groups is 1. The smallest absolute Gasteiger partial charge is 0.137 e. The molecule has 0 aliphatic carbocycles. The third-order valence-corrected chi connectivity index (χ3v) is 2.03. The molecule has 0 fully saturated rings. The van der Waals surface area contributed by atoms with E-state index in [1.807, 2.05) is 6.07 Å². The van der Waals surface area contributed by atoms with Crippen LogP contribution in [0.1, 0.15) is 5.56 Å². The third kappa shape index (κ3) is 2.86. The van der Waals surface area contributed by atoms with Gasteiger partial charge in [-0.15, -0.1) is 0 Å². The molecule has 0 saturated carbocycles. The summed E-state index contributed by atoms with van der Waals surface area (Å²) < 4.78 is 5.01. The fraction of sp³-hybridized carbons (Fsp3) is 0.222. The molecule has 2 nitrogen and oxygen atoms in total. The maximum Gasteiger partial charge on any atom is 0.137 e. The molecular formula is C9H10ClNOS. The summed E-state index contributed by atoms with van der Waals surface area (Å²) in [5.41, 5.74) is 6.40. The van der Waals surface area contributed by atoms with Crippen molar-refractivity contribution in [3.05, 3.63) is 28.8 Å². The van der Waals surface area contributed by atoms with Crippen LogP contribution in [0, 0.1) is 0 Å². The van der Waals surface area contributed by atoms with Gasteiger partial charge in [-0.1, -0.05) is 29.9 Å². The molecule has 0 aliphatic rings. The number of nitrogens with two attached hydrogens (primary N) is 1. The maximum atomic E-state index is 5.90. The molecule has 0 heterocycles. The lowest BCUT2D eigenvalue weighted by atomic mass is 10.1. The fourth-order valence-electron chi connectivity index (χ4n) is 1.02. The van der Waals surface area contributed by atoms with Crippen LogP contribution in [0.15, 0.2) is 18.2 Å². The molecular weight excluding hydrogens is 206 g/mol. The highest BCUT2D eigenvalue weighted by atomic mass is 35.5. The largest absolute Gasteiger partial charge is 0.495 e. The molecule has 0 aliphatic heterocycles. The first-order chi connectivity index (χ1) is 6.13. The molecule has 0 amide bonds. The van der Waals surface area contributed by atoms with Crippen molar-refractivity contribution in [3.8, 4) is 5.75 Å². The van der Waals surface area contributed by atoms with Gasteiger partial charge in [0.1, 0.15) is 5.75 Å². The van der Waals surface area contributed by atoms with Crippen LogP contribution >= 0.6 is 23.8 Å². The van der Waals surface area contributed by atoms with Gasteiger partial charge in [-0.2, -0.15) is 0 Å². The number of benzene rings is 1. The van der Waals surface area contributed by atoms with Crippen LogP contribution in [0.2, 0.25) is 5.02 Å². The van der Waals surface area contributed by atoms with Crippen molar-refractivity contribution in [3.63, 3.8) is 0 Å². The number of ether oxygens (including phenoxy) is 1. The molecule has 1 aromatic carbocycles. The van der Waals surface area contributed by atoms with Crippen molar-refractivity contribution in [2.24, 2.45) is 5.73 Å². The molecule has 0 spiro atoms. The predicted octanol–water partition coefficient (Wildman–Crippen LogP) is 2.18. The summed E-state index contributed by atoms with van der Waals surface area (Å²) in [5.74, 6) is 0.661. The van der Waals surface area contributed by atoms with Gasteiger partial charge < -0.3 is 10.5 Å². The summed E-state index contributed by atoms with van der Waals surface area (Å²) in [6, 6.07) is 5.50. The number of hydrogen-bond acceptors (Lipinski definition) is 2. The molecule has 0 saturated heterocycles. The molecule has 0 radical (unpaired) electrons. The highest BCUT2D eigenvalue weighted by Crippen LogP contribution is 2.24. The monoisotopic (exact) mass is 215 g/mol. The van der Waals surface area contributed by atoms with Crippen LogP contribution in [0.4, 0.5) is 0 Å². The Morgan fingerprint density at radius 1 is 1.62 bits per heavy atom. The van der Waals surface area contributed by atoms with Gasteiger partial charge >= 0.3 is 0 Å². The molecule has 70 valence electrons. The van der Waals surface area contributed by atoms with Crippen LogP contribution in [-0.2, 0) is 6.42 Å². The Morgan fingerprint density at radius 2 is 2.31 bits per heavy atom. The van der Waals surface area contributed by atoms with E-state index in [2.05, 4.69) is 0 Å². The number of halogens is 1. The second-order valence-corrected chi connectivity index (χ2v) is 3.54. The summed E-state index contributed by atoms with van der Waals surface area (Å²) in [4.78, 5) is 0.459. The first-order valence-electron chi connectivity index (χ1n) is 3.74. The van der Waals surface area contributed by atoms with E-state index in [0.717, 1.165) is 5.56 Å². The van der Waals surface area contributed by atoms with E-state index in [1.54, 1.807) is 19.2 Å². The summed E-state index contributed by atoms with van der Waals surface area (Å²) in [7, 11) is 1.58. The van der Waals surface area contributed by atoms with Crippen molar-refractivity contribution in [2.75, 3.05) is 7.11 Å². The van der Waals surface area contributed by atoms with Crippen LogP contribution in [0.5, 0.6) is 5.75 Å². The van der Waals surface area contributed by atoms with Gasteiger partial charge in [-0.25, -0.2) is 0 Å². The summed E-state index contributed by atoms with van der Waals surface area (Å²) in [6.07, 6.45) is 0.568. The topological polar surface area (TPSA) is 35.2 Å². The second kappa shape index (κ2) is 4.44. The molecule has 2 N–H and O–H groups in total. The van der Waals surface area contributed by atoms with Gasteiger partial charge in [0.25, 0.3) is 0 Å². The van der Waals surface area contributed by atoms with Crippen LogP contribution in [0.3, 0.4) is 0 Å². The first-order valence-corrected chi connectivity index (χ1v) is 4.53. The van der Waals surface area contributed by atoms with Crippen molar-refractivity contribution < 1.29 is 4.74 Å². The van der Waals surface area contributed by atoms with Gasteiger partial charge in [0.2, 0.25) is 0 Å². The lowest BCUT2D eigenvalue weighted by molar-refractivity contribution is 0.415. The molecule has 0 aromatic heterocycles. The molecule has 1 aromatic rings. The van der Waals surface area contributed by atoms with Gasteiger partial charge in [-0.05, 0) is 17.7 Å². The highest BCUT2D eigenvalue weighted by Gasteiger charge is 2.02. The lowest BCUT2D eigenvalue weighted by Crippen LogP contribution is -2.10. The van der Waals surface area contributed by atoms with Crippen molar-refractivity contribution >= 4 is 28.8 Å². The first kappa shape index (κ1) is 10.3. The minimum Gasteiger partial charge on any atom is -0.495 e. The Balaban J connectivity index is 2.89. The molecule has 0 bridgehead atoms. The lowest BCUT2D eigenvalue weighted by Gasteiger charge is -2.04. The SMILES string of the molecule is COc1ccc(CC(N)=S)cc1Cl. The molecule has 0 unspecified atom stereocenters. The second-order valence-electron chi connectivity index (χ2n) is 2.61. The molecule has 4 heteroatoms. The fourth-order valence-corrected chi connectivity index (χ4v) is 1.47. The molecule has 1 rings (SSSR count). The average molecular weight is 216 g/mol. The minimum absolute atomic E-state index is 0.459. The van der Waals surface area contributed by atoms with E-state index in [4.69, 9.17) is 34.3 Å². The van der Waals surface area contributed by atoms with Crippen LogP contribution < -0.4 is 10.5 Å². The Bertz CT molecular complexity index is 327. The van der Waals surface area contributed by atoms with Crippen LogP contribution in [-0.4, -0.2) is 12.1 Å². The zero-order valence-electron chi connectivity index (χ0n) is 7.21. The van der Waals surface area contributed by atoms with Gasteiger partial charge in [0, 0.05) is 6.42 Å². The summed E-state index contributed by atoms with van der Waals surface area (Å²) in [5, 5.41) is 0.580. The number of methoxy groups -OCH3 is 1. The highest BCUT2D eigenvalue weighted by molar-refractivity contribution is 7.80. The normalized spacial score (nSPS) is 9.69. The van der Waals surface area contributed by atoms with E-state index in [9.17, 15) is 0 Å². The zero-order valence-corrected chi connectivity index (χ0v) is 8.78. The van der Waals surface area contributed by atoms with Crippen molar-refractivity contribution in [2.45, 2.75) is 6.42 Å². The van der Waals surface area contributed by atoms with Crippen molar-refractivity contribution in [1.82, 2.24) is 0 Å². The van der Waals surface area contributed by atoms with Crippen LogP contribution in [0.25, 0.3) is 0 Å². The van der Waals surface area contributed by atoms with E-state index in [0.29, 0.717) is 22.2 Å². The van der Waals surface area contributed by atoms with E-state index in [-0.39, 0.29) is 0 Å². The third-order valence-electron chi connectivity index (χ3n) is 1.59. The van der Waals surface area contributed by atoms with E-state index >= 15 is 0 Å². The predicted molar refractivity (Wildman–Crippen MR) is 58.5 cm³/mol. The average Bonchev–Trinajstić information content (AvgIpc) is 2.03. The standard InChI is InChI=1S/C9H10ClNOS/c1-12-8-3-2-6(4-7(8)10)5-9(11)13/h2-4H,5H2,1H3,(H2,11,13). The minimum atomic E-state index is 0.459. The van der Waals surface area contributed by atoms with E-state index < -0.39 is 0 Å². The quantitative estimate of drug-likeness (QED) is 0.786. The number of rotatable bonds is 3. The Labute approximate surface area is 87.6 Å². The maximum absolute atomic E-state index is 5.90. The molecule has 13 heavy (non-hydrogen) atoms.